The van der Waals surface area contributed by atoms with E-state index in [1.54, 1.807) is 36.4 Å². The SMILES string of the molecule is C[C@@H](OC(=O)N[C@@H](Cc1cccc(S(=O)(=O)N2CC(Oc3ccc(F)cc3)(c3ccccc3)C2)c1)C(=O)OCc1ccccc1)OC(=O)C1CCOCC1. The van der Waals surface area contributed by atoms with Gasteiger partial charge in [0.15, 0.2) is 5.60 Å². The summed E-state index contributed by atoms with van der Waals surface area (Å²) in [7, 11) is -4.06. The number of hydrogen-bond donors (Lipinski definition) is 1. The van der Waals surface area contributed by atoms with Crippen LogP contribution in [0.5, 0.6) is 5.75 Å². The molecule has 0 spiro atoms. The van der Waals surface area contributed by atoms with Gasteiger partial charge in [0, 0.05) is 26.6 Å². The van der Waals surface area contributed by atoms with E-state index in [4.69, 9.17) is 23.7 Å². The minimum Gasteiger partial charge on any atom is -0.480 e. The smallest absolute Gasteiger partial charge is 0.410 e. The van der Waals surface area contributed by atoms with Crippen molar-refractivity contribution in [3.63, 3.8) is 0 Å². The van der Waals surface area contributed by atoms with E-state index in [1.807, 2.05) is 36.4 Å². The third-order valence-corrected chi connectivity index (χ3v) is 11.0. The summed E-state index contributed by atoms with van der Waals surface area (Å²) in [5.41, 5.74) is 0.877. The fraction of sp³-hybridized carbons (Fsp3) is 0.325. The summed E-state index contributed by atoms with van der Waals surface area (Å²) in [6.45, 7) is 2.16. The van der Waals surface area contributed by atoms with Crippen LogP contribution in [0, 0.1) is 11.7 Å². The molecular weight excluding hydrogens is 720 g/mol. The third-order valence-electron chi connectivity index (χ3n) is 9.18. The lowest BCUT2D eigenvalue weighted by Crippen LogP contribution is -2.64. The molecule has 1 amide bonds. The summed E-state index contributed by atoms with van der Waals surface area (Å²) < 4.78 is 70.5. The molecule has 54 heavy (non-hydrogen) atoms. The summed E-state index contributed by atoms with van der Waals surface area (Å²) in [6.07, 6.45) is -1.44. The van der Waals surface area contributed by atoms with Crippen molar-refractivity contribution in [2.45, 2.75) is 55.6 Å². The van der Waals surface area contributed by atoms with Gasteiger partial charge in [0.05, 0.1) is 23.9 Å². The van der Waals surface area contributed by atoms with Crippen molar-refractivity contribution < 1.29 is 50.9 Å². The predicted octanol–water partition coefficient (Wildman–Crippen LogP) is 5.50. The molecular formula is C40H41FN2O10S. The number of nitrogens with one attached hydrogen (secondary N) is 1. The summed E-state index contributed by atoms with van der Waals surface area (Å²) >= 11 is 0. The highest BCUT2D eigenvalue weighted by Crippen LogP contribution is 2.40. The highest BCUT2D eigenvalue weighted by molar-refractivity contribution is 7.89. The van der Waals surface area contributed by atoms with Gasteiger partial charge < -0.3 is 29.0 Å². The summed E-state index contributed by atoms with van der Waals surface area (Å²) in [6, 6.07) is 28.5. The number of benzene rings is 4. The van der Waals surface area contributed by atoms with E-state index in [2.05, 4.69) is 5.32 Å². The standard InChI is InChI=1S/C40H41FN2O10S/c1-28(51-37(44)31-19-21-49-22-20-31)52-39(46)42-36(38(45)50-25-29-9-4-2-5-10-29)24-30-11-8-14-35(23-30)54(47,48)43-26-40(27-43,32-12-6-3-7-13-32)53-34-17-15-33(41)16-18-34/h2-18,23,28,31,36H,19-22,24-27H2,1H3,(H,42,46)/t28-,36+/m1/s1. The molecule has 6 rings (SSSR count). The molecule has 2 saturated heterocycles. The number of carbonyl (C=O) groups excluding carboxylic acids is 3. The van der Waals surface area contributed by atoms with Crippen molar-refractivity contribution in [2.24, 2.45) is 5.92 Å². The van der Waals surface area contributed by atoms with Gasteiger partial charge in [0.25, 0.3) is 0 Å². The highest BCUT2D eigenvalue weighted by Gasteiger charge is 2.52. The van der Waals surface area contributed by atoms with Crippen molar-refractivity contribution in [3.05, 3.63) is 132 Å². The number of rotatable bonds is 14. The molecule has 12 nitrogen and oxygen atoms in total. The molecule has 0 bridgehead atoms. The second-order valence-electron chi connectivity index (χ2n) is 13.1. The van der Waals surface area contributed by atoms with Crippen LogP contribution in [0.3, 0.4) is 0 Å². The van der Waals surface area contributed by atoms with Crippen LogP contribution in [0.4, 0.5) is 9.18 Å². The largest absolute Gasteiger partial charge is 0.480 e. The van der Waals surface area contributed by atoms with Crippen molar-refractivity contribution in [2.75, 3.05) is 26.3 Å². The minimum atomic E-state index is -4.06. The monoisotopic (exact) mass is 760 g/mol. The molecule has 0 radical (unpaired) electrons. The summed E-state index contributed by atoms with van der Waals surface area (Å²) in [5, 5.41) is 2.50. The van der Waals surface area contributed by atoms with Crippen LogP contribution in [-0.4, -0.2) is 69.4 Å². The molecule has 0 saturated carbocycles. The van der Waals surface area contributed by atoms with Gasteiger partial charge in [0.1, 0.15) is 24.2 Å². The zero-order valence-electron chi connectivity index (χ0n) is 29.6. The Balaban J connectivity index is 1.15. The van der Waals surface area contributed by atoms with E-state index in [9.17, 15) is 27.2 Å². The second kappa shape index (κ2) is 17.2. The fourth-order valence-corrected chi connectivity index (χ4v) is 7.86. The molecule has 2 heterocycles. The van der Waals surface area contributed by atoms with Gasteiger partial charge >= 0.3 is 18.0 Å². The molecule has 2 atom stereocenters. The van der Waals surface area contributed by atoms with Crippen LogP contribution < -0.4 is 10.1 Å². The Labute approximate surface area is 313 Å². The van der Waals surface area contributed by atoms with Crippen LogP contribution in [-0.2, 0) is 57.2 Å². The molecule has 4 aromatic rings. The number of esters is 2. The molecule has 2 aliphatic heterocycles. The van der Waals surface area contributed by atoms with Crippen LogP contribution in [0.25, 0.3) is 0 Å². The topological polar surface area (TPSA) is 147 Å². The Morgan fingerprint density at radius 2 is 1.52 bits per heavy atom. The number of hydrogen-bond acceptors (Lipinski definition) is 10. The average molecular weight is 761 g/mol. The van der Waals surface area contributed by atoms with E-state index in [0.717, 1.165) is 11.1 Å². The van der Waals surface area contributed by atoms with Gasteiger partial charge in [0.2, 0.25) is 16.3 Å². The van der Waals surface area contributed by atoms with Crippen molar-refractivity contribution in [3.8, 4) is 5.75 Å². The van der Waals surface area contributed by atoms with Crippen molar-refractivity contribution in [1.82, 2.24) is 9.62 Å². The van der Waals surface area contributed by atoms with Crippen molar-refractivity contribution >= 4 is 28.1 Å². The van der Waals surface area contributed by atoms with E-state index >= 15 is 0 Å². The Kier molecular flexibility index (Phi) is 12.3. The molecule has 1 N–H and O–H groups in total. The van der Waals surface area contributed by atoms with Crippen LogP contribution >= 0.6 is 0 Å². The molecule has 2 fully saturated rings. The first-order valence-electron chi connectivity index (χ1n) is 17.6. The number of carbonyl (C=O) groups is 3. The van der Waals surface area contributed by atoms with Crippen LogP contribution in [0.1, 0.15) is 36.5 Å². The third kappa shape index (κ3) is 9.61. The first-order chi connectivity index (χ1) is 26.0. The molecule has 4 aromatic carbocycles. The lowest BCUT2D eigenvalue weighted by molar-refractivity contribution is -0.173. The van der Waals surface area contributed by atoms with Gasteiger partial charge in [-0.15, -0.1) is 0 Å². The number of sulfonamides is 1. The van der Waals surface area contributed by atoms with Crippen LogP contribution in [0.15, 0.2) is 114 Å². The lowest BCUT2D eigenvalue weighted by atomic mass is 9.87. The Bertz CT molecular complexity index is 2000. The molecule has 0 unspecified atom stereocenters. The number of nitrogens with zero attached hydrogens (tertiary/aromatic N) is 1. The quantitative estimate of drug-likeness (QED) is 0.129. The highest BCUT2D eigenvalue weighted by atomic mass is 32.2. The molecule has 0 aliphatic carbocycles. The van der Waals surface area contributed by atoms with Crippen LogP contribution in [0.2, 0.25) is 0 Å². The molecule has 14 heteroatoms. The Morgan fingerprint density at radius 1 is 0.870 bits per heavy atom. The number of ether oxygens (including phenoxy) is 5. The maximum absolute atomic E-state index is 14.0. The molecule has 0 aromatic heterocycles. The Hall–Kier alpha value is -5.31. The first kappa shape index (κ1) is 38.4. The van der Waals surface area contributed by atoms with E-state index in [0.29, 0.717) is 37.4 Å². The van der Waals surface area contributed by atoms with Gasteiger partial charge in [-0.2, -0.15) is 4.31 Å². The van der Waals surface area contributed by atoms with E-state index in [-0.39, 0.29) is 36.9 Å². The zero-order valence-corrected chi connectivity index (χ0v) is 30.4. The predicted molar refractivity (Wildman–Crippen MR) is 193 cm³/mol. The summed E-state index contributed by atoms with van der Waals surface area (Å²) in [5.74, 6) is -1.70. The normalized spacial score (nSPS) is 16.9. The Morgan fingerprint density at radius 3 is 2.20 bits per heavy atom. The number of halogens is 1. The number of alkyl carbamates (subject to hydrolysis) is 1. The average Bonchev–Trinajstić information content (AvgIpc) is 3.16. The molecule has 2 aliphatic rings. The lowest BCUT2D eigenvalue weighted by Gasteiger charge is -2.48. The number of amides is 1. The van der Waals surface area contributed by atoms with Gasteiger partial charge in [-0.25, -0.2) is 22.4 Å². The minimum absolute atomic E-state index is 0.0138. The van der Waals surface area contributed by atoms with E-state index in [1.165, 1.54) is 47.6 Å². The summed E-state index contributed by atoms with van der Waals surface area (Å²) in [4.78, 5) is 38.9. The zero-order chi connectivity index (χ0) is 38.1. The molecule has 284 valence electrons. The van der Waals surface area contributed by atoms with Crippen molar-refractivity contribution in [1.29, 1.82) is 0 Å². The van der Waals surface area contributed by atoms with Gasteiger partial charge in [-0.1, -0.05) is 72.8 Å². The van der Waals surface area contributed by atoms with Gasteiger partial charge in [-0.3, -0.25) is 4.79 Å². The maximum atomic E-state index is 14.0. The maximum Gasteiger partial charge on any atom is 0.410 e. The van der Waals surface area contributed by atoms with E-state index < -0.39 is 51.8 Å². The second-order valence-corrected chi connectivity index (χ2v) is 15.1. The van der Waals surface area contributed by atoms with Gasteiger partial charge in [-0.05, 0) is 65.9 Å². The fourth-order valence-electron chi connectivity index (χ4n) is 6.25. The first-order valence-corrected chi connectivity index (χ1v) is 19.0.